The predicted molar refractivity (Wildman–Crippen MR) is 47.3 cm³/mol. The molecule has 66 valence electrons. The average Bonchev–Trinajstić information content (AvgIpc) is 2.17. The number of pyridine rings is 1. The standard InChI is InChI=1S/C9H8N2O2/c10-8(12)7-4-6-2-1-3-13-9(6)11-5-7/h1-2,4-5H,3H2,(H2,10,12). The molecule has 1 aromatic heterocycles. The number of rotatable bonds is 1. The number of fused-ring (bicyclic) bond motifs is 1. The van der Waals surface area contributed by atoms with Gasteiger partial charge >= 0.3 is 0 Å². The number of nitrogens with two attached hydrogens (primary N) is 1. The summed E-state index contributed by atoms with van der Waals surface area (Å²) in [5.74, 6) is 0.0711. The summed E-state index contributed by atoms with van der Waals surface area (Å²) in [6, 6.07) is 1.67. The van der Waals surface area contributed by atoms with Crippen LogP contribution in [0, 0.1) is 0 Å². The molecule has 1 aromatic rings. The van der Waals surface area contributed by atoms with E-state index in [0.29, 0.717) is 18.1 Å². The van der Waals surface area contributed by atoms with Crippen molar-refractivity contribution in [2.24, 2.45) is 5.73 Å². The molecular formula is C9H8N2O2. The Hall–Kier alpha value is -1.84. The molecular weight excluding hydrogens is 168 g/mol. The van der Waals surface area contributed by atoms with Crippen molar-refractivity contribution in [3.8, 4) is 5.88 Å². The van der Waals surface area contributed by atoms with E-state index < -0.39 is 5.91 Å². The number of nitrogens with zero attached hydrogens (tertiary/aromatic N) is 1. The first-order chi connectivity index (χ1) is 6.27. The van der Waals surface area contributed by atoms with Gasteiger partial charge in [-0.15, -0.1) is 0 Å². The molecule has 2 rings (SSSR count). The summed E-state index contributed by atoms with van der Waals surface area (Å²) < 4.78 is 5.21. The maximum Gasteiger partial charge on any atom is 0.250 e. The summed E-state index contributed by atoms with van der Waals surface area (Å²) in [6.45, 7) is 0.524. The predicted octanol–water partition coefficient (Wildman–Crippen LogP) is 0.586. The average molecular weight is 176 g/mol. The number of ether oxygens (including phenoxy) is 1. The van der Waals surface area contributed by atoms with Crippen LogP contribution >= 0.6 is 0 Å². The van der Waals surface area contributed by atoms with Crippen molar-refractivity contribution in [1.29, 1.82) is 0 Å². The molecule has 0 aliphatic carbocycles. The van der Waals surface area contributed by atoms with Crippen LogP contribution in [0.4, 0.5) is 0 Å². The lowest BCUT2D eigenvalue weighted by molar-refractivity contribution is 0.1000. The van der Waals surface area contributed by atoms with Gasteiger partial charge in [0.25, 0.3) is 0 Å². The minimum atomic E-state index is -0.478. The second kappa shape index (κ2) is 2.90. The molecule has 0 saturated heterocycles. The number of aromatic nitrogens is 1. The van der Waals surface area contributed by atoms with Crippen molar-refractivity contribution in [3.63, 3.8) is 0 Å². The van der Waals surface area contributed by atoms with Crippen LogP contribution < -0.4 is 10.5 Å². The Labute approximate surface area is 75.0 Å². The molecule has 1 amide bonds. The van der Waals surface area contributed by atoms with Crippen molar-refractivity contribution in [2.45, 2.75) is 0 Å². The Morgan fingerprint density at radius 3 is 3.23 bits per heavy atom. The normalized spacial score (nSPS) is 13.2. The van der Waals surface area contributed by atoms with Gasteiger partial charge in [-0.05, 0) is 12.1 Å². The van der Waals surface area contributed by atoms with Crippen molar-refractivity contribution in [3.05, 3.63) is 29.5 Å². The van der Waals surface area contributed by atoms with Crippen LogP contribution in [-0.4, -0.2) is 17.5 Å². The van der Waals surface area contributed by atoms with Crippen molar-refractivity contribution in [2.75, 3.05) is 6.61 Å². The van der Waals surface area contributed by atoms with Crippen LogP contribution in [0.15, 0.2) is 18.3 Å². The summed E-state index contributed by atoms with van der Waals surface area (Å²) in [5.41, 5.74) is 6.29. The summed E-state index contributed by atoms with van der Waals surface area (Å²) >= 11 is 0. The molecule has 13 heavy (non-hydrogen) atoms. The van der Waals surface area contributed by atoms with Gasteiger partial charge in [-0.1, -0.05) is 6.08 Å². The Balaban J connectivity index is 2.48. The fraction of sp³-hybridized carbons (Fsp3) is 0.111. The van der Waals surface area contributed by atoms with E-state index in [1.807, 2.05) is 12.2 Å². The first kappa shape index (κ1) is 7.79. The van der Waals surface area contributed by atoms with Gasteiger partial charge in [0.05, 0.1) is 5.56 Å². The van der Waals surface area contributed by atoms with Crippen molar-refractivity contribution < 1.29 is 9.53 Å². The second-order valence-corrected chi connectivity index (χ2v) is 2.70. The maximum atomic E-state index is 10.8. The smallest absolute Gasteiger partial charge is 0.250 e. The van der Waals surface area contributed by atoms with E-state index in [4.69, 9.17) is 10.5 Å². The lowest BCUT2D eigenvalue weighted by Crippen LogP contribution is -2.12. The highest BCUT2D eigenvalue weighted by atomic mass is 16.5. The zero-order chi connectivity index (χ0) is 9.26. The van der Waals surface area contributed by atoms with Gasteiger partial charge in [0, 0.05) is 11.8 Å². The molecule has 4 heteroatoms. The molecule has 0 fully saturated rings. The molecule has 0 unspecified atom stereocenters. The van der Waals surface area contributed by atoms with Crippen LogP contribution in [0.25, 0.3) is 6.08 Å². The van der Waals surface area contributed by atoms with Crippen LogP contribution in [0.5, 0.6) is 5.88 Å². The second-order valence-electron chi connectivity index (χ2n) is 2.70. The molecule has 4 nitrogen and oxygen atoms in total. The van der Waals surface area contributed by atoms with E-state index >= 15 is 0 Å². The Kier molecular flexibility index (Phi) is 1.73. The molecule has 0 atom stereocenters. The number of carbonyl (C=O) groups excluding carboxylic acids is 1. The van der Waals surface area contributed by atoms with Gasteiger partial charge in [0.1, 0.15) is 6.61 Å². The van der Waals surface area contributed by atoms with Crippen molar-refractivity contribution >= 4 is 12.0 Å². The van der Waals surface area contributed by atoms with Crippen molar-refractivity contribution in [1.82, 2.24) is 4.98 Å². The van der Waals surface area contributed by atoms with Gasteiger partial charge in [0.2, 0.25) is 11.8 Å². The van der Waals surface area contributed by atoms with Crippen LogP contribution in [0.1, 0.15) is 15.9 Å². The highest BCUT2D eigenvalue weighted by molar-refractivity contribution is 5.93. The third-order valence-electron chi connectivity index (χ3n) is 1.78. The third kappa shape index (κ3) is 1.38. The van der Waals surface area contributed by atoms with Gasteiger partial charge in [0.15, 0.2) is 0 Å². The number of primary amides is 1. The molecule has 0 radical (unpaired) electrons. The quantitative estimate of drug-likeness (QED) is 0.680. The largest absolute Gasteiger partial charge is 0.473 e. The summed E-state index contributed by atoms with van der Waals surface area (Å²) in [4.78, 5) is 14.8. The van der Waals surface area contributed by atoms with Gasteiger partial charge in [-0.2, -0.15) is 0 Å². The number of hydrogen-bond acceptors (Lipinski definition) is 3. The van der Waals surface area contributed by atoms with Crippen LogP contribution in [-0.2, 0) is 0 Å². The lowest BCUT2D eigenvalue weighted by Gasteiger charge is -2.10. The van der Waals surface area contributed by atoms with Crippen LogP contribution in [0.3, 0.4) is 0 Å². The topological polar surface area (TPSA) is 65.2 Å². The minimum Gasteiger partial charge on any atom is -0.473 e. The van der Waals surface area contributed by atoms with E-state index in [-0.39, 0.29) is 0 Å². The van der Waals surface area contributed by atoms with E-state index in [2.05, 4.69) is 4.98 Å². The van der Waals surface area contributed by atoms with Crippen LogP contribution in [0.2, 0.25) is 0 Å². The molecule has 0 bridgehead atoms. The highest BCUT2D eigenvalue weighted by Crippen LogP contribution is 2.21. The zero-order valence-electron chi connectivity index (χ0n) is 6.86. The number of hydrogen-bond donors (Lipinski definition) is 1. The Morgan fingerprint density at radius 2 is 2.46 bits per heavy atom. The highest BCUT2D eigenvalue weighted by Gasteiger charge is 2.09. The molecule has 1 aliphatic heterocycles. The molecule has 2 heterocycles. The third-order valence-corrected chi connectivity index (χ3v) is 1.78. The lowest BCUT2D eigenvalue weighted by atomic mass is 10.1. The number of carbonyl (C=O) groups is 1. The maximum absolute atomic E-state index is 10.8. The fourth-order valence-electron chi connectivity index (χ4n) is 1.15. The monoisotopic (exact) mass is 176 g/mol. The van der Waals surface area contributed by atoms with Gasteiger partial charge < -0.3 is 10.5 Å². The van der Waals surface area contributed by atoms with Gasteiger partial charge in [-0.3, -0.25) is 4.79 Å². The summed E-state index contributed by atoms with van der Waals surface area (Å²) in [5, 5.41) is 0. The Bertz CT molecular complexity index is 385. The molecule has 1 aliphatic rings. The SMILES string of the molecule is NC(=O)c1cnc2c(c1)C=CCO2. The fourth-order valence-corrected chi connectivity index (χ4v) is 1.15. The van der Waals surface area contributed by atoms with E-state index in [1.165, 1.54) is 6.20 Å². The molecule has 0 spiro atoms. The molecule has 0 saturated carbocycles. The summed E-state index contributed by atoms with van der Waals surface area (Å²) in [6.07, 6.45) is 5.13. The molecule has 2 N–H and O–H groups in total. The summed E-state index contributed by atoms with van der Waals surface area (Å²) in [7, 11) is 0. The number of amides is 1. The molecule has 0 aromatic carbocycles. The minimum absolute atomic E-state index is 0.397. The van der Waals surface area contributed by atoms with E-state index in [1.54, 1.807) is 6.07 Å². The first-order valence-electron chi connectivity index (χ1n) is 3.86. The zero-order valence-corrected chi connectivity index (χ0v) is 6.86. The van der Waals surface area contributed by atoms with E-state index in [9.17, 15) is 4.79 Å². The Morgan fingerprint density at radius 1 is 1.62 bits per heavy atom. The van der Waals surface area contributed by atoms with Gasteiger partial charge in [-0.25, -0.2) is 4.98 Å². The van der Waals surface area contributed by atoms with E-state index in [0.717, 1.165) is 5.56 Å². The first-order valence-corrected chi connectivity index (χ1v) is 3.86.